The molecule has 0 atom stereocenters. The second-order valence-electron chi connectivity index (χ2n) is 4.85. The average molecular weight is 288 g/mol. The summed E-state index contributed by atoms with van der Waals surface area (Å²) in [7, 11) is 0. The van der Waals surface area contributed by atoms with Gasteiger partial charge >= 0.3 is 6.18 Å². The van der Waals surface area contributed by atoms with E-state index in [1.807, 2.05) is 0 Å². The molecule has 7 heteroatoms. The van der Waals surface area contributed by atoms with E-state index in [0.29, 0.717) is 0 Å². The second kappa shape index (κ2) is 6.11. The predicted molar refractivity (Wildman–Crippen MR) is 66.9 cm³/mol. The van der Waals surface area contributed by atoms with Crippen molar-refractivity contribution in [2.45, 2.75) is 13.1 Å². The molecule has 0 aliphatic heterocycles. The van der Waals surface area contributed by atoms with Gasteiger partial charge < -0.3 is 15.5 Å². The summed E-state index contributed by atoms with van der Waals surface area (Å²) in [6.45, 7) is 1.15. The molecule has 3 N–H and O–H groups in total. The minimum absolute atomic E-state index is 0.125. The van der Waals surface area contributed by atoms with Crippen molar-refractivity contribution in [1.29, 1.82) is 5.26 Å². The molecule has 0 saturated heterocycles. The number of rotatable bonds is 5. The lowest BCUT2D eigenvalue weighted by Crippen LogP contribution is -2.34. The van der Waals surface area contributed by atoms with Crippen LogP contribution in [0.25, 0.3) is 0 Å². The van der Waals surface area contributed by atoms with Crippen LogP contribution in [0.5, 0.6) is 0 Å². The van der Waals surface area contributed by atoms with Gasteiger partial charge in [0.15, 0.2) is 0 Å². The molecule has 0 aromatic heterocycles. The fourth-order valence-electron chi connectivity index (χ4n) is 1.44. The zero-order valence-electron chi connectivity index (χ0n) is 10.8. The Hall–Kier alpha value is -1.78. The molecule has 0 aliphatic rings. The van der Waals surface area contributed by atoms with E-state index in [2.05, 4.69) is 5.32 Å². The van der Waals surface area contributed by atoms with Gasteiger partial charge in [-0.1, -0.05) is 6.92 Å². The van der Waals surface area contributed by atoms with Gasteiger partial charge in [0.1, 0.15) is 6.07 Å². The molecular formula is C13H15F3N2O2. The number of nitrogens with zero attached hydrogens (tertiary/aromatic N) is 1. The molecule has 0 fully saturated rings. The van der Waals surface area contributed by atoms with Crippen molar-refractivity contribution in [3.63, 3.8) is 0 Å². The maximum Gasteiger partial charge on any atom is 0.416 e. The largest absolute Gasteiger partial charge is 0.416 e. The maximum atomic E-state index is 12.5. The number of benzene rings is 1. The molecule has 0 amide bonds. The molecular weight excluding hydrogens is 273 g/mol. The number of nitrogens with one attached hydrogen (secondary N) is 1. The van der Waals surface area contributed by atoms with Crippen molar-refractivity contribution < 1.29 is 23.4 Å². The first-order valence-corrected chi connectivity index (χ1v) is 5.83. The van der Waals surface area contributed by atoms with Crippen LogP contribution in [0.2, 0.25) is 0 Å². The lowest BCUT2D eigenvalue weighted by molar-refractivity contribution is -0.137. The van der Waals surface area contributed by atoms with Gasteiger partial charge in [0, 0.05) is 12.0 Å². The predicted octanol–water partition coefficient (Wildman–Crippen LogP) is 1.98. The Morgan fingerprint density at radius 3 is 2.30 bits per heavy atom. The third-order valence-electron chi connectivity index (χ3n) is 2.94. The zero-order valence-corrected chi connectivity index (χ0v) is 10.8. The fraction of sp³-hybridized carbons (Fsp3) is 0.462. The molecule has 0 saturated carbocycles. The van der Waals surface area contributed by atoms with Gasteiger partial charge in [-0.2, -0.15) is 18.4 Å². The minimum Gasteiger partial charge on any atom is -0.396 e. The highest BCUT2D eigenvalue weighted by atomic mass is 19.4. The van der Waals surface area contributed by atoms with E-state index in [0.717, 1.165) is 18.2 Å². The van der Waals surface area contributed by atoms with Crippen molar-refractivity contribution in [1.82, 2.24) is 0 Å². The van der Waals surface area contributed by atoms with Crippen LogP contribution < -0.4 is 5.32 Å². The van der Waals surface area contributed by atoms with Crippen molar-refractivity contribution in [3.8, 4) is 6.07 Å². The number of alkyl halides is 3. The molecule has 4 nitrogen and oxygen atoms in total. The van der Waals surface area contributed by atoms with Crippen LogP contribution >= 0.6 is 0 Å². The summed E-state index contributed by atoms with van der Waals surface area (Å²) in [5.74, 6) is 0. The van der Waals surface area contributed by atoms with Gasteiger partial charge in [-0.3, -0.25) is 0 Å². The molecule has 0 aliphatic carbocycles. The molecule has 0 unspecified atom stereocenters. The van der Waals surface area contributed by atoms with Crippen LogP contribution in [0.1, 0.15) is 18.1 Å². The third kappa shape index (κ3) is 3.85. The lowest BCUT2D eigenvalue weighted by atomic mass is 9.93. The Morgan fingerprint density at radius 1 is 1.25 bits per heavy atom. The van der Waals surface area contributed by atoms with Crippen LogP contribution in [-0.4, -0.2) is 30.0 Å². The van der Waals surface area contributed by atoms with Crippen LogP contribution in [0.3, 0.4) is 0 Å². The number of hydrogen-bond donors (Lipinski definition) is 3. The van der Waals surface area contributed by atoms with Gasteiger partial charge in [-0.25, -0.2) is 0 Å². The molecule has 0 spiro atoms. The highest BCUT2D eigenvalue weighted by Crippen LogP contribution is 2.31. The number of anilines is 1. The van der Waals surface area contributed by atoms with Gasteiger partial charge in [0.25, 0.3) is 0 Å². The van der Waals surface area contributed by atoms with Crippen molar-refractivity contribution in [3.05, 3.63) is 29.3 Å². The first-order valence-electron chi connectivity index (χ1n) is 5.83. The number of hydrogen-bond acceptors (Lipinski definition) is 4. The molecule has 0 heterocycles. The summed E-state index contributed by atoms with van der Waals surface area (Å²) in [6.07, 6.45) is -4.51. The SMILES string of the molecule is CC(CO)(CO)CNc1ccc(C(F)(F)F)cc1C#N. The number of nitriles is 1. The van der Waals surface area contributed by atoms with Gasteiger partial charge in [0.2, 0.25) is 0 Å². The highest BCUT2D eigenvalue weighted by molar-refractivity contribution is 5.59. The second-order valence-corrected chi connectivity index (χ2v) is 4.85. The van der Waals surface area contributed by atoms with Gasteiger partial charge in [0.05, 0.1) is 30.0 Å². The van der Waals surface area contributed by atoms with Gasteiger partial charge in [-0.05, 0) is 18.2 Å². The summed E-state index contributed by atoms with van der Waals surface area (Å²) >= 11 is 0. The van der Waals surface area contributed by atoms with Crippen molar-refractivity contribution >= 4 is 5.69 Å². The summed E-state index contributed by atoms with van der Waals surface area (Å²) in [5, 5.41) is 29.9. The molecule has 110 valence electrons. The Morgan fingerprint density at radius 2 is 1.85 bits per heavy atom. The standard InChI is InChI=1S/C13H15F3N2O2/c1-12(7-19,8-20)6-18-11-3-2-10(13(14,15)16)4-9(11)5-17/h2-4,18-20H,6-8H2,1H3. The molecule has 20 heavy (non-hydrogen) atoms. The van der Waals surface area contributed by atoms with E-state index in [1.165, 1.54) is 0 Å². The fourth-order valence-corrected chi connectivity index (χ4v) is 1.44. The van der Waals surface area contributed by atoms with E-state index in [1.54, 1.807) is 13.0 Å². The normalized spacial score (nSPS) is 12.1. The van der Waals surface area contributed by atoms with Crippen LogP contribution in [0.15, 0.2) is 18.2 Å². The Kier molecular flexibility index (Phi) is 4.98. The smallest absolute Gasteiger partial charge is 0.396 e. The first kappa shape index (κ1) is 16.3. The van der Waals surface area contributed by atoms with E-state index in [-0.39, 0.29) is 31.0 Å². The Bertz CT molecular complexity index is 505. The minimum atomic E-state index is -4.51. The molecule has 1 aromatic rings. The first-order chi connectivity index (χ1) is 9.25. The number of aliphatic hydroxyl groups excluding tert-OH is 2. The zero-order chi connectivity index (χ0) is 15.4. The van der Waals surface area contributed by atoms with Crippen LogP contribution in [0, 0.1) is 16.7 Å². The molecule has 0 radical (unpaired) electrons. The van der Waals surface area contributed by atoms with E-state index >= 15 is 0 Å². The average Bonchev–Trinajstić information content (AvgIpc) is 2.43. The van der Waals surface area contributed by atoms with Crippen molar-refractivity contribution in [2.75, 3.05) is 25.1 Å². The quantitative estimate of drug-likeness (QED) is 0.774. The van der Waals surface area contributed by atoms with E-state index < -0.39 is 17.2 Å². The molecule has 1 aromatic carbocycles. The van der Waals surface area contributed by atoms with Crippen LogP contribution in [0.4, 0.5) is 18.9 Å². The van der Waals surface area contributed by atoms with Crippen LogP contribution in [-0.2, 0) is 6.18 Å². The Labute approximate surface area is 114 Å². The summed E-state index contributed by atoms with van der Waals surface area (Å²) in [5.41, 5.74) is -1.63. The number of aliphatic hydroxyl groups is 2. The summed E-state index contributed by atoms with van der Waals surface area (Å²) in [6, 6.07) is 4.49. The highest BCUT2D eigenvalue weighted by Gasteiger charge is 2.31. The third-order valence-corrected chi connectivity index (χ3v) is 2.94. The van der Waals surface area contributed by atoms with Crippen molar-refractivity contribution in [2.24, 2.45) is 5.41 Å². The monoisotopic (exact) mass is 288 g/mol. The molecule has 1 rings (SSSR count). The van der Waals surface area contributed by atoms with E-state index in [9.17, 15) is 13.2 Å². The topological polar surface area (TPSA) is 76.3 Å². The number of halogens is 3. The van der Waals surface area contributed by atoms with Gasteiger partial charge in [-0.15, -0.1) is 0 Å². The summed E-state index contributed by atoms with van der Waals surface area (Å²) in [4.78, 5) is 0. The maximum absolute atomic E-state index is 12.5. The lowest BCUT2D eigenvalue weighted by Gasteiger charge is -2.25. The Balaban J connectivity index is 2.95. The summed E-state index contributed by atoms with van der Waals surface area (Å²) < 4.78 is 37.6. The van der Waals surface area contributed by atoms with E-state index in [4.69, 9.17) is 15.5 Å². The molecule has 0 bridgehead atoms.